The van der Waals surface area contributed by atoms with Crippen molar-refractivity contribution in [1.29, 1.82) is 0 Å². The summed E-state index contributed by atoms with van der Waals surface area (Å²) in [5.74, 6) is 0.552. The molecule has 2 aliphatic rings. The van der Waals surface area contributed by atoms with Crippen LogP contribution in [-0.2, 0) is 4.79 Å². The van der Waals surface area contributed by atoms with E-state index in [2.05, 4.69) is 36.2 Å². The Kier molecular flexibility index (Phi) is 7.31. The maximum atomic E-state index is 12.8. The molecule has 0 aromatic heterocycles. The maximum absolute atomic E-state index is 12.8. The lowest BCUT2D eigenvalue weighted by atomic mass is 9.96. The van der Waals surface area contributed by atoms with Crippen LogP contribution in [0.5, 0.6) is 0 Å². The van der Waals surface area contributed by atoms with Crippen molar-refractivity contribution in [3.8, 4) is 0 Å². The van der Waals surface area contributed by atoms with E-state index in [1.165, 1.54) is 6.42 Å². The smallest absolute Gasteiger partial charge is 0.317 e. The van der Waals surface area contributed by atoms with Crippen LogP contribution in [0.2, 0.25) is 0 Å². The zero-order chi connectivity index (χ0) is 19.9. The number of carbonyl (C=O) groups is 2. The van der Waals surface area contributed by atoms with Gasteiger partial charge in [0.15, 0.2) is 0 Å². The molecular weight excluding hydrogens is 352 g/mol. The van der Waals surface area contributed by atoms with Crippen molar-refractivity contribution in [2.45, 2.75) is 39.2 Å². The first-order valence-corrected chi connectivity index (χ1v) is 10.6. The minimum Gasteiger partial charge on any atom is -0.342 e. The number of likely N-dealkylation sites (tertiary alicyclic amines) is 1. The van der Waals surface area contributed by atoms with Crippen LogP contribution in [0.25, 0.3) is 0 Å². The zero-order valence-electron chi connectivity index (χ0n) is 17.3. The standard InChI is InChI=1S/C22H34N4O2/c1-18(2)21(19-9-5-3-6-10-19)23-22(28)26-15-13-24(14-16-26)17-20(27)25-11-7-4-8-12-25/h3,5-6,9-10,18,21H,4,7-8,11-17H2,1-2H3,(H,23,28). The van der Waals surface area contributed by atoms with Crippen LogP contribution < -0.4 is 5.32 Å². The molecule has 0 bridgehead atoms. The van der Waals surface area contributed by atoms with Gasteiger partial charge < -0.3 is 15.1 Å². The normalized spacial score (nSPS) is 19.5. The van der Waals surface area contributed by atoms with Crippen LogP contribution in [0.1, 0.15) is 44.7 Å². The summed E-state index contributed by atoms with van der Waals surface area (Å²) >= 11 is 0. The molecule has 0 aliphatic carbocycles. The first-order chi connectivity index (χ1) is 13.5. The molecule has 1 aromatic rings. The second kappa shape index (κ2) is 9.92. The van der Waals surface area contributed by atoms with Gasteiger partial charge in [0.05, 0.1) is 12.6 Å². The predicted octanol–water partition coefficient (Wildman–Crippen LogP) is 2.72. The number of nitrogens with one attached hydrogen (secondary N) is 1. The number of urea groups is 1. The number of carbonyl (C=O) groups excluding carboxylic acids is 2. The SMILES string of the molecule is CC(C)C(NC(=O)N1CCN(CC(=O)N2CCCCC2)CC1)c1ccccc1. The molecule has 2 saturated heterocycles. The quantitative estimate of drug-likeness (QED) is 0.847. The molecule has 1 atom stereocenters. The lowest BCUT2D eigenvalue weighted by molar-refractivity contribution is -0.133. The third-order valence-electron chi connectivity index (χ3n) is 5.83. The van der Waals surface area contributed by atoms with E-state index >= 15 is 0 Å². The zero-order valence-corrected chi connectivity index (χ0v) is 17.3. The summed E-state index contributed by atoms with van der Waals surface area (Å²) in [5.41, 5.74) is 1.14. The van der Waals surface area contributed by atoms with E-state index in [-0.39, 0.29) is 18.0 Å². The Hall–Kier alpha value is -2.08. The van der Waals surface area contributed by atoms with Gasteiger partial charge in [0.25, 0.3) is 0 Å². The van der Waals surface area contributed by atoms with E-state index < -0.39 is 0 Å². The molecule has 3 amide bonds. The maximum Gasteiger partial charge on any atom is 0.317 e. The fourth-order valence-electron chi connectivity index (χ4n) is 4.06. The van der Waals surface area contributed by atoms with Crippen LogP contribution in [0.15, 0.2) is 30.3 Å². The third kappa shape index (κ3) is 5.47. The van der Waals surface area contributed by atoms with Crippen molar-refractivity contribution < 1.29 is 9.59 Å². The van der Waals surface area contributed by atoms with E-state index in [4.69, 9.17) is 0 Å². The van der Waals surface area contributed by atoms with E-state index in [1.807, 2.05) is 28.0 Å². The van der Waals surface area contributed by atoms with Gasteiger partial charge in [-0.3, -0.25) is 9.69 Å². The highest BCUT2D eigenvalue weighted by atomic mass is 16.2. The predicted molar refractivity (Wildman–Crippen MR) is 111 cm³/mol. The average Bonchev–Trinajstić information content (AvgIpc) is 2.73. The fraction of sp³-hybridized carbons (Fsp3) is 0.636. The molecule has 0 spiro atoms. The van der Waals surface area contributed by atoms with Crippen molar-refractivity contribution in [1.82, 2.24) is 20.0 Å². The number of rotatable bonds is 5. The van der Waals surface area contributed by atoms with Gasteiger partial charge in [0, 0.05) is 39.3 Å². The monoisotopic (exact) mass is 386 g/mol. The topological polar surface area (TPSA) is 55.9 Å². The van der Waals surface area contributed by atoms with Gasteiger partial charge in [-0.25, -0.2) is 4.79 Å². The molecule has 0 radical (unpaired) electrons. The van der Waals surface area contributed by atoms with Crippen molar-refractivity contribution in [2.75, 3.05) is 45.8 Å². The van der Waals surface area contributed by atoms with Gasteiger partial charge in [-0.1, -0.05) is 44.2 Å². The largest absolute Gasteiger partial charge is 0.342 e. The molecule has 154 valence electrons. The Morgan fingerprint density at radius 3 is 2.14 bits per heavy atom. The van der Waals surface area contributed by atoms with Gasteiger partial charge >= 0.3 is 6.03 Å². The van der Waals surface area contributed by atoms with Crippen LogP contribution in [0.4, 0.5) is 4.79 Å². The van der Waals surface area contributed by atoms with Crippen LogP contribution >= 0.6 is 0 Å². The minimum atomic E-state index is -0.00967. The third-order valence-corrected chi connectivity index (χ3v) is 5.83. The molecule has 2 aliphatic heterocycles. The van der Waals surface area contributed by atoms with Crippen molar-refractivity contribution in [2.24, 2.45) is 5.92 Å². The van der Waals surface area contributed by atoms with Crippen molar-refractivity contribution in [3.63, 3.8) is 0 Å². The number of amides is 3. The highest BCUT2D eigenvalue weighted by molar-refractivity contribution is 5.78. The molecule has 2 fully saturated rings. The Bertz CT molecular complexity index is 635. The van der Waals surface area contributed by atoms with Crippen LogP contribution in [0.3, 0.4) is 0 Å². The van der Waals surface area contributed by atoms with E-state index in [1.54, 1.807) is 0 Å². The van der Waals surface area contributed by atoms with Crippen molar-refractivity contribution >= 4 is 11.9 Å². The van der Waals surface area contributed by atoms with Gasteiger partial charge in [0.1, 0.15) is 0 Å². The molecule has 3 rings (SSSR count). The summed E-state index contributed by atoms with van der Waals surface area (Å²) in [7, 11) is 0. The summed E-state index contributed by atoms with van der Waals surface area (Å²) < 4.78 is 0. The number of piperazine rings is 1. The van der Waals surface area contributed by atoms with E-state index in [0.717, 1.165) is 44.6 Å². The van der Waals surface area contributed by atoms with E-state index in [9.17, 15) is 9.59 Å². The Morgan fingerprint density at radius 1 is 0.893 bits per heavy atom. The first-order valence-electron chi connectivity index (χ1n) is 10.6. The molecule has 1 unspecified atom stereocenters. The molecular formula is C22H34N4O2. The molecule has 28 heavy (non-hydrogen) atoms. The highest BCUT2D eigenvalue weighted by Crippen LogP contribution is 2.21. The Labute approximate surface area is 168 Å². The van der Waals surface area contributed by atoms with Crippen molar-refractivity contribution in [3.05, 3.63) is 35.9 Å². The summed E-state index contributed by atoms with van der Waals surface area (Å²) in [5, 5.41) is 3.20. The summed E-state index contributed by atoms with van der Waals surface area (Å²) in [4.78, 5) is 31.3. The number of nitrogens with zero attached hydrogens (tertiary/aromatic N) is 3. The van der Waals surface area contributed by atoms with Gasteiger partial charge in [-0.2, -0.15) is 0 Å². The number of benzene rings is 1. The van der Waals surface area contributed by atoms with Crippen LogP contribution in [-0.4, -0.2) is 72.5 Å². The fourth-order valence-corrected chi connectivity index (χ4v) is 4.06. The lowest BCUT2D eigenvalue weighted by Crippen LogP contribution is -2.54. The molecule has 2 heterocycles. The summed E-state index contributed by atoms with van der Waals surface area (Å²) in [6.45, 7) is 9.37. The highest BCUT2D eigenvalue weighted by Gasteiger charge is 2.27. The van der Waals surface area contributed by atoms with E-state index in [0.29, 0.717) is 25.6 Å². The molecule has 6 heteroatoms. The number of piperidine rings is 1. The lowest BCUT2D eigenvalue weighted by Gasteiger charge is -2.37. The number of hydrogen-bond acceptors (Lipinski definition) is 3. The van der Waals surface area contributed by atoms with Gasteiger partial charge in [0.2, 0.25) is 5.91 Å². The Balaban J connectivity index is 1.47. The van der Waals surface area contributed by atoms with Gasteiger partial charge in [-0.05, 0) is 30.7 Å². The molecule has 6 nitrogen and oxygen atoms in total. The number of hydrogen-bond donors (Lipinski definition) is 1. The molecule has 1 N–H and O–H groups in total. The second-order valence-electron chi connectivity index (χ2n) is 8.29. The average molecular weight is 387 g/mol. The minimum absolute atomic E-state index is 0.00686. The van der Waals surface area contributed by atoms with Crippen LogP contribution in [0, 0.1) is 5.92 Å². The molecule has 1 aromatic carbocycles. The molecule has 0 saturated carbocycles. The second-order valence-corrected chi connectivity index (χ2v) is 8.29. The Morgan fingerprint density at radius 2 is 1.54 bits per heavy atom. The summed E-state index contributed by atoms with van der Waals surface area (Å²) in [6, 6.07) is 10.1. The summed E-state index contributed by atoms with van der Waals surface area (Å²) in [6.07, 6.45) is 3.48. The van der Waals surface area contributed by atoms with Gasteiger partial charge in [-0.15, -0.1) is 0 Å². The first kappa shape index (κ1) is 20.6.